The Bertz CT molecular complexity index is 573. The van der Waals surface area contributed by atoms with Crippen molar-refractivity contribution < 1.29 is 14.7 Å². The zero-order valence-electron chi connectivity index (χ0n) is 12.1. The van der Waals surface area contributed by atoms with Gasteiger partial charge in [0, 0.05) is 18.8 Å². The molecule has 1 aromatic rings. The number of fused-ring (bicyclic) bond motifs is 1. The third-order valence-electron chi connectivity index (χ3n) is 4.73. The third kappa shape index (κ3) is 2.73. The zero-order chi connectivity index (χ0) is 15.0. The zero-order valence-corrected chi connectivity index (χ0v) is 12.1. The van der Waals surface area contributed by atoms with Crippen molar-refractivity contribution >= 4 is 17.7 Å². The third-order valence-corrected chi connectivity index (χ3v) is 4.73. The van der Waals surface area contributed by atoms with Crippen molar-refractivity contribution in [3.63, 3.8) is 0 Å². The van der Waals surface area contributed by atoms with E-state index in [1.54, 1.807) is 19.1 Å². The monoisotopic (exact) mass is 288 g/mol. The average molecular weight is 288 g/mol. The molecule has 2 N–H and O–H groups in total. The molecule has 1 aliphatic carbocycles. The van der Waals surface area contributed by atoms with Crippen molar-refractivity contribution in [2.75, 3.05) is 18.4 Å². The van der Waals surface area contributed by atoms with Crippen LogP contribution in [0.4, 0.5) is 10.5 Å². The summed E-state index contributed by atoms with van der Waals surface area (Å²) in [6, 6.07) is 4.87. The van der Waals surface area contributed by atoms with Crippen LogP contribution < -0.4 is 5.32 Å². The molecule has 0 radical (unpaired) electrons. The molecule has 1 saturated heterocycles. The number of aryl methyl sites for hydroxylation is 1. The van der Waals surface area contributed by atoms with E-state index in [9.17, 15) is 9.59 Å². The van der Waals surface area contributed by atoms with Crippen molar-refractivity contribution in [3.8, 4) is 0 Å². The molecule has 1 heterocycles. The summed E-state index contributed by atoms with van der Waals surface area (Å²) in [6.45, 7) is 3.40. The number of carbonyl (C=O) groups is 2. The number of amides is 2. The van der Waals surface area contributed by atoms with Gasteiger partial charge in [0.05, 0.1) is 5.56 Å². The molecule has 3 rings (SSSR count). The van der Waals surface area contributed by atoms with Crippen LogP contribution in [-0.2, 0) is 0 Å². The highest BCUT2D eigenvalue weighted by atomic mass is 16.4. The number of rotatable bonds is 2. The Morgan fingerprint density at radius 1 is 1.24 bits per heavy atom. The van der Waals surface area contributed by atoms with Crippen molar-refractivity contribution in [1.82, 2.24) is 4.90 Å². The van der Waals surface area contributed by atoms with Crippen LogP contribution >= 0.6 is 0 Å². The number of anilines is 1. The molecule has 2 amide bonds. The number of hydrogen-bond acceptors (Lipinski definition) is 2. The molecule has 21 heavy (non-hydrogen) atoms. The Morgan fingerprint density at radius 2 is 1.90 bits per heavy atom. The second-order valence-corrected chi connectivity index (χ2v) is 6.12. The Hall–Kier alpha value is -2.04. The summed E-state index contributed by atoms with van der Waals surface area (Å²) in [5.74, 6) is 0.339. The molecule has 5 nitrogen and oxygen atoms in total. The van der Waals surface area contributed by atoms with E-state index in [1.807, 2.05) is 4.90 Å². The van der Waals surface area contributed by atoms with Crippen molar-refractivity contribution in [2.24, 2.45) is 11.8 Å². The number of carboxylic acids is 1. The lowest BCUT2D eigenvalue weighted by Gasteiger charge is -2.18. The van der Waals surface area contributed by atoms with Crippen molar-refractivity contribution in [2.45, 2.75) is 26.2 Å². The van der Waals surface area contributed by atoms with E-state index >= 15 is 0 Å². The van der Waals surface area contributed by atoms with E-state index in [0.29, 0.717) is 23.1 Å². The number of nitrogens with zero attached hydrogens (tertiary/aromatic N) is 1. The molecule has 1 aliphatic heterocycles. The van der Waals surface area contributed by atoms with Gasteiger partial charge in [-0.1, -0.05) is 12.5 Å². The number of urea groups is 1. The molecule has 1 saturated carbocycles. The van der Waals surface area contributed by atoms with E-state index in [2.05, 4.69) is 5.32 Å². The van der Waals surface area contributed by atoms with E-state index < -0.39 is 5.97 Å². The molecule has 112 valence electrons. The predicted molar refractivity (Wildman–Crippen MR) is 79.6 cm³/mol. The van der Waals surface area contributed by atoms with Gasteiger partial charge in [0.15, 0.2) is 0 Å². The van der Waals surface area contributed by atoms with Crippen LogP contribution in [0.5, 0.6) is 0 Å². The maximum Gasteiger partial charge on any atom is 0.336 e. The first-order valence-electron chi connectivity index (χ1n) is 7.44. The van der Waals surface area contributed by atoms with Crippen LogP contribution in [0, 0.1) is 18.8 Å². The summed E-state index contributed by atoms with van der Waals surface area (Å²) in [7, 11) is 0. The molecule has 0 aromatic heterocycles. The number of likely N-dealkylation sites (tertiary alicyclic amines) is 1. The van der Waals surface area contributed by atoms with E-state index in [1.165, 1.54) is 25.3 Å². The second-order valence-electron chi connectivity index (χ2n) is 6.12. The topological polar surface area (TPSA) is 69.6 Å². The lowest BCUT2D eigenvalue weighted by atomic mass is 10.0. The van der Waals surface area contributed by atoms with Crippen LogP contribution in [0.3, 0.4) is 0 Å². The highest BCUT2D eigenvalue weighted by Gasteiger charge is 2.37. The highest BCUT2D eigenvalue weighted by molar-refractivity contribution is 5.94. The van der Waals surface area contributed by atoms with Crippen LogP contribution in [0.15, 0.2) is 18.2 Å². The molecule has 5 heteroatoms. The van der Waals surface area contributed by atoms with Crippen LogP contribution in [-0.4, -0.2) is 35.1 Å². The number of nitrogens with one attached hydrogen (secondary N) is 1. The number of carboxylic acid groups (broad SMARTS) is 1. The maximum absolute atomic E-state index is 12.3. The van der Waals surface area contributed by atoms with Gasteiger partial charge in [0.25, 0.3) is 0 Å². The predicted octanol–water partition coefficient (Wildman–Crippen LogP) is 2.96. The van der Waals surface area contributed by atoms with Crippen LogP contribution in [0.1, 0.15) is 35.2 Å². The Kier molecular flexibility index (Phi) is 3.57. The Labute approximate surface area is 123 Å². The first-order chi connectivity index (χ1) is 10.0. The lowest BCUT2D eigenvalue weighted by molar-refractivity contribution is 0.0696. The number of benzene rings is 1. The molecule has 1 aromatic carbocycles. The summed E-state index contributed by atoms with van der Waals surface area (Å²) in [4.78, 5) is 25.3. The molecule has 0 spiro atoms. The molecular weight excluding hydrogens is 268 g/mol. The number of aromatic carboxylic acids is 1. The summed E-state index contributed by atoms with van der Waals surface area (Å²) in [6.07, 6.45) is 3.73. The fourth-order valence-corrected chi connectivity index (χ4v) is 3.53. The molecule has 0 bridgehead atoms. The van der Waals surface area contributed by atoms with Crippen molar-refractivity contribution in [1.29, 1.82) is 0 Å². The first kappa shape index (κ1) is 13.9. The minimum Gasteiger partial charge on any atom is -0.478 e. The fraction of sp³-hybridized carbons (Fsp3) is 0.500. The Balaban J connectivity index is 1.68. The fourth-order valence-electron chi connectivity index (χ4n) is 3.53. The number of hydrogen-bond donors (Lipinski definition) is 2. The highest BCUT2D eigenvalue weighted by Crippen LogP contribution is 2.37. The van der Waals surface area contributed by atoms with Gasteiger partial charge < -0.3 is 15.3 Å². The minimum absolute atomic E-state index is 0.121. The minimum atomic E-state index is -0.973. The first-order valence-corrected chi connectivity index (χ1v) is 7.44. The summed E-state index contributed by atoms with van der Waals surface area (Å²) in [5.41, 5.74) is 1.46. The van der Waals surface area contributed by atoms with Gasteiger partial charge in [0.2, 0.25) is 0 Å². The average Bonchev–Trinajstić information content (AvgIpc) is 3.01. The Morgan fingerprint density at radius 3 is 2.52 bits per heavy atom. The molecule has 2 aliphatic rings. The lowest BCUT2D eigenvalue weighted by Crippen LogP contribution is -2.33. The summed E-state index contributed by atoms with van der Waals surface area (Å²) >= 11 is 0. The molecule has 2 atom stereocenters. The van der Waals surface area contributed by atoms with Gasteiger partial charge in [-0.3, -0.25) is 0 Å². The van der Waals surface area contributed by atoms with Gasteiger partial charge in [-0.2, -0.15) is 0 Å². The smallest absolute Gasteiger partial charge is 0.336 e. The van der Waals surface area contributed by atoms with Crippen LogP contribution in [0.25, 0.3) is 0 Å². The summed E-state index contributed by atoms with van der Waals surface area (Å²) < 4.78 is 0. The van der Waals surface area contributed by atoms with Crippen molar-refractivity contribution in [3.05, 3.63) is 29.3 Å². The molecule has 2 fully saturated rings. The standard InChI is InChI=1S/C16H20N2O3/c1-10-5-6-13(7-14(10)15(19)20)17-16(21)18-8-11-3-2-4-12(11)9-18/h5-7,11-12H,2-4,8-9H2,1H3,(H,17,21)(H,19,20). The van der Waals surface area contributed by atoms with E-state index in [-0.39, 0.29) is 11.6 Å². The van der Waals surface area contributed by atoms with Gasteiger partial charge in [-0.15, -0.1) is 0 Å². The molecular formula is C16H20N2O3. The number of carbonyl (C=O) groups excluding carboxylic acids is 1. The summed E-state index contributed by atoms with van der Waals surface area (Å²) in [5, 5.41) is 11.9. The van der Waals surface area contributed by atoms with E-state index in [0.717, 1.165) is 13.1 Å². The van der Waals surface area contributed by atoms with E-state index in [4.69, 9.17) is 5.11 Å². The maximum atomic E-state index is 12.3. The quantitative estimate of drug-likeness (QED) is 0.879. The SMILES string of the molecule is Cc1ccc(NC(=O)N2CC3CCCC3C2)cc1C(=O)O. The second kappa shape index (κ2) is 5.39. The van der Waals surface area contributed by atoms with Gasteiger partial charge in [-0.25, -0.2) is 9.59 Å². The largest absolute Gasteiger partial charge is 0.478 e. The normalized spacial score (nSPS) is 24.0. The van der Waals surface area contributed by atoms with Gasteiger partial charge in [0.1, 0.15) is 0 Å². The van der Waals surface area contributed by atoms with Gasteiger partial charge in [-0.05, 0) is 49.3 Å². The van der Waals surface area contributed by atoms with Gasteiger partial charge >= 0.3 is 12.0 Å². The molecule has 2 unspecified atom stereocenters. The van der Waals surface area contributed by atoms with Crippen LogP contribution in [0.2, 0.25) is 0 Å².